The summed E-state index contributed by atoms with van der Waals surface area (Å²) in [6, 6.07) is 9.30. The maximum atomic E-state index is 12.9. The molecule has 0 aliphatic carbocycles. The Labute approximate surface area is 249 Å². The fourth-order valence-electron chi connectivity index (χ4n) is 3.87. The number of halogens is 2. The first kappa shape index (κ1) is 40.7. The number of benzene rings is 2. The largest absolute Gasteiger partial charge is 0.490 e. The van der Waals surface area contributed by atoms with Crippen molar-refractivity contribution in [3.05, 3.63) is 71.3 Å². The highest BCUT2D eigenvalue weighted by atomic mass is 19.1. The van der Waals surface area contributed by atoms with Crippen LogP contribution in [0.25, 0.3) is 0 Å². The fourth-order valence-corrected chi connectivity index (χ4v) is 3.87. The second-order valence-electron chi connectivity index (χ2n) is 9.46. The van der Waals surface area contributed by atoms with Gasteiger partial charge in [0.05, 0.1) is 6.10 Å². The number of rotatable bonds is 6. The molecule has 41 heavy (non-hydrogen) atoms. The molecule has 3 N–H and O–H groups in total. The molecule has 5 nitrogen and oxygen atoms in total. The summed E-state index contributed by atoms with van der Waals surface area (Å²) in [5.41, 5.74) is 3.13. The Balaban J connectivity index is 0. The van der Waals surface area contributed by atoms with Crippen LogP contribution in [0.3, 0.4) is 0 Å². The molecule has 2 aromatic rings. The summed E-state index contributed by atoms with van der Waals surface area (Å²) in [5, 5.41) is 19.3. The van der Waals surface area contributed by atoms with Crippen LogP contribution in [0, 0.1) is 17.6 Å². The molecule has 236 valence electrons. The predicted octanol–water partition coefficient (Wildman–Crippen LogP) is 7.91. The van der Waals surface area contributed by atoms with Crippen molar-refractivity contribution in [1.82, 2.24) is 5.32 Å². The number of hydrogen-bond donors (Lipinski definition) is 3. The molecule has 3 unspecified atom stereocenters. The van der Waals surface area contributed by atoms with Gasteiger partial charge in [-0.2, -0.15) is 0 Å². The molecule has 7 heteroatoms. The standard InChI is InChI=1S/C12H15FO2.C10H11FO.C7H15N.2C2H6.CH4O/c1-8(7-14)11-4-2-9-6-10(13)3-5-12(9)15-11;1-7-2-3-8-6-9(11)4-5-10(8)12-7;1-4-5-8-6-7(2)3;3*1-2/h3,5-6,8,11,14H,2,4,7H2,1H3;4-7H,2-3H2,1H3;8H,2,4-6H2,1,3H3;2*1-2H3;2H,1H3. The Hall–Kier alpha value is -2.48. The van der Waals surface area contributed by atoms with Gasteiger partial charge in [-0.05, 0) is 100 Å². The summed E-state index contributed by atoms with van der Waals surface area (Å²) in [5.74, 6) is 1.34. The molecule has 2 aliphatic heterocycles. The number of aliphatic hydroxyl groups is 2. The zero-order valence-electron chi connectivity index (χ0n) is 27.0. The van der Waals surface area contributed by atoms with E-state index in [1.54, 1.807) is 18.2 Å². The van der Waals surface area contributed by atoms with Crippen LogP contribution in [0.1, 0.15) is 85.8 Å². The molecule has 0 fully saturated rings. The minimum atomic E-state index is -0.217. The lowest BCUT2D eigenvalue weighted by molar-refractivity contribution is 0.0800. The maximum absolute atomic E-state index is 12.9. The van der Waals surface area contributed by atoms with E-state index < -0.39 is 0 Å². The van der Waals surface area contributed by atoms with E-state index in [1.807, 2.05) is 48.5 Å². The van der Waals surface area contributed by atoms with Gasteiger partial charge in [0.25, 0.3) is 0 Å². The SMILES string of the molecule is C=C(C)CNCCC.CC.CC.CC(CO)C1CCc2cc(F)ccc2O1.CC1CCc2cc(F)ccc2O1.CO. The summed E-state index contributed by atoms with van der Waals surface area (Å²) in [7, 11) is 1.00. The third kappa shape index (κ3) is 17.2. The molecule has 2 aromatic carbocycles. The molecular weight excluding hydrogens is 524 g/mol. The second-order valence-corrected chi connectivity index (χ2v) is 9.46. The van der Waals surface area contributed by atoms with Crippen LogP contribution >= 0.6 is 0 Å². The van der Waals surface area contributed by atoms with Crippen molar-refractivity contribution in [3.63, 3.8) is 0 Å². The number of fused-ring (bicyclic) bond motifs is 2. The predicted molar refractivity (Wildman–Crippen MR) is 169 cm³/mol. The zero-order valence-corrected chi connectivity index (χ0v) is 27.0. The Morgan fingerprint density at radius 2 is 1.44 bits per heavy atom. The number of ether oxygens (including phenoxy) is 2. The Kier molecular flexibility index (Phi) is 25.0. The highest BCUT2D eigenvalue weighted by Gasteiger charge is 2.24. The van der Waals surface area contributed by atoms with Gasteiger partial charge in [-0.25, -0.2) is 8.78 Å². The quantitative estimate of drug-likeness (QED) is 0.239. The van der Waals surface area contributed by atoms with E-state index in [2.05, 4.69) is 18.8 Å². The molecule has 2 heterocycles. The topological polar surface area (TPSA) is 71.0 Å². The van der Waals surface area contributed by atoms with Crippen LogP contribution in [-0.2, 0) is 12.8 Å². The Bertz CT molecular complexity index is 939. The van der Waals surface area contributed by atoms with E-state index in [4.69, 9.17) is 19.7 Å². The van der Waals surface area contributed by atoms with E-state index in [0.717, 1.165) is 68.5 Å². The summed E-state index contributed by atoms with van der Waals surface area (Å²) < 4.78 is 36.9. The monoisotopic (exact) mass is 581 g/mol. The van der Waals surface area contributed by atoms with Gasteiger partial charge in [-0.3, -0.25) is 0 Å². The number of hydrogen-bond acceptors (Lipinski definition) is 5. The third-order valence-corrected chi connectivity index (χ3v) is 5.95. The van der Waals surface area contributed by atoms with Gasteiger partial charge in [-0.1, -0.05) is 53.7 Å². The van der Waals surface area contributed by atoms with Gasteiger partial charge in [0.2, 0.25) is 0 Å². The molecule has 0 aromatic heterocycles. The van der Waals surface area contributed by atoms with Crippen molar-refractivity contribution in [2.45, 2.75) is 99.7 Å². The lowest BCUT2D eigenvalue weighted by Gasteiger charge is -2.29. The van der Waals surface area contributed by atoms with Crippen molar-refractivity contribution in [2.24, 2.45) is 5.92 Å². The highest BCUT2D eigenvalue weighted by molar-refractivity contribution is 5.36. The molecule has 0 saturated heterocycles. The summed E-state index contributed by atoms with van der Waals surface area (Å²) >= 11 is 0. The third-order valence-electron chi connectivity index (χ3n) is 5.95. The number of aliphatic hydroxyl groups excluding tert-OH is 2. The number of nitrogens with one attached hydrogen (secondary N) is 1. The van der Waals surface area contributed by atoms with E-state index in [9.17, 15) is 8.78 Å². The minimum Gasteiger partial charge on any atom is -0.490 e. The second kappa shape index (κ2) is 25.2. The van der Waals surface area contributed by atoms with Crippen LogP contribution in [0.5, 0.6) is 11.5 Å². The number of aryl methyl sites for hydroxylation is 2. The summed E-state index contributed by atoms with van der Waals surface area (Å²) in [6.45, 7) is 22.1. The van der Waals surface area contributed by atoms with Crippen LogP contribution in [-0.4, -0.2) is 49.2 Å². The van der Waals surface area contributed by atoms with Crippen LogP contribution in [0.2, 0.25) is 0 Å². The van der Waals surface area contributed by atoms with E-state index in [1.165, 1.54) is 30.2 Å². The Morgan fingerprint density at radius 3 is 1.90 bits per heavy atom. The van der Waals surface area contributed by atoms with Gasteiger partial charge >= 0.3 is 0 Å². The van der Waals surface area contributed by atoms with Crippen molar-refractivity contribution in [2.75, 3.05) is 26.8 Å². The van der Waals surface area contributed by atoms with Gasteiger partial charge in [0, 0.05) is 26.2 Å². The van der Waals surface area contributed by atoms with Gasteiger partial charge in [0.1, 0.15) is 29.2 Å². The average Bonchev–Trinajstić information content (AvgIpc) is 3.00. The average molecular weight is 582 g/mol. The van der Waals surface area contributed by atoms with Gasteiger partial charge < -0.3 is 25.0 Å². The lowest BCUT2D eigenvalue weighted by atomic mass is 9.95. The van der Waals surface area contributed by atoms with Crippen molar-refractivity contribution >= 4 is 0 Å². The first-order chi connectivity index (χ1) is 19.7. The van der Waals surface area contributed by atoms with E-state index in [-0.39, 0.29) is 36.4 Å². The normalized spacial score (nSPS) is 16.4. The summed E-state index contributed by atoms with van der Waals surface area (Å²) in [6.07, 6.45) is 5.09. The lowest BCUT2D eigenvalue weighted by Crippen LogP contribution is -2.31. The molecule has 0 spiro atoms. The Morgan fingerprint density at radius 1 is 0.951 bits per heavy atom. The maximum Gasteiger partial charge on any atom is 0.123 e. The molecule has 4 rings (SSSR count). The summed E-state index contributed by atoms with van der Waals surface area (Å²) in [4.78, 5) is 0. The zero-order chi connectivity index (χ0) is 31.8. The smallest absolute Gasteiger partial charge is 0.123 e. The fraction of sp³-hybridized carbons (Fsp3) is 0.588. The minimum absolute atomic E-state index is 0.0490. The molecule has 0 bridgehead atoms. The van der Waals surface area contributed by atoms with Crippen LogP contribution in [0.4, 0.5) is 8.78 Å². The molecule has 2 aliphatic rings. The van der Waals surface area contributed by atoms with Crippen LogP contribution in [0.15, 0.2) is 48.6 Å². The van der Waals surface area contributed by atoms with Crippen LogP contribution < -0.4 is 14.8 Å². The van der Waals surface area contributed by atoms with Crippen molar-refractivity contribution in [3.8, 4) is 11.5 Å². The first-order valence-corrected chi connectivity index (χ1v) is 15.0. The van der Waals surface area contributed by atoms with Crippen molar-refractivity contribution in [1.29, 1.82) is 0 Å². The van der Waals surface area contributed by atoms with E-state index >= 15 is 0 Å². The first-order valence-electron chi connectivity index (χ1n) is 15.0. The molecule has 0 amide bonds. The molecule has 0 saturated carbocycles. The molecular formula is C34H57F2NO4. The van der Waals surface area contributed by atoms with Gasteiger partial charge in [0.15, 0.2) is 0 Å². The van der Waals surface area contributed by atoms with E-state index in [0.29, 0.717) is 0 Å². The highest BCUT2D eigenvalue weighted by Crippen LogP contribution is 2.30. The van der Waals surface area contributed by atoms with Crippen molar-refractivity contribution < 1.29 is 28.5 Å². The van der Waals surface area contributed by atoms with Gasteiger partial charge in [-0.15, -0.1) is 0 Å². The molecule has 3 atom stereocenters. The molecule has 0 radical (unpaired) electrons.